The van der Waals surface area contributed by atoms with E-state index < -0.39 is 29.8 Å². The Hall–Kier alpha value is -2.67. The van der Waals surface area contributed by atoms with Gasteiger partial charge in [0, 0.05) is 11.6 Å². The van der Waals surface area contributed by atoms with E-state index in [1.807, 2.05) is 58.0 Å². The fourth-order valence-corrected chi connectivity index (χ4v) is 5.99. The number of benzene rings is 1. The SMILES string of the molecule is CCC[C@@H]1C=C[C@H]2[C@@H](C(=O)N([C@@H](CO)[C@@H](C)CC)[C@@H]2C(=O)Nc2c(C)cccc2C)[C@@H]1C(=O)OCC. The molecule has 7 atom stereocenters. The standard InChI is InChI=1S/C29H42N2O5/c1-7-11-20-14-15-21-24(23(20)29(35)36-9-3)28(34)31(22(16-32)17(4)8-2)26(21)27(33)30-25-18(5)12-10-13-19(25)6/h10,12-15,17,20-24,26,32H,7-9,11,16H2,1-6H3,(H,30,33)/t17-,20+,21-,22-,23+,24+,26-/m0/s1. The number of aryl methyl sites for hydroxylation is 2. The highest BCUT2D eigenvalue weighted by Crippen LogP contribution is 2.47. The van der Waals surface area contributed by atoms with Crippen molar-refractivity contribution >= 4 is 23.5 Å². The Balaban J connectivity index is 2.10. The number of hydrogen-bond donors (Lipinski definition) is 2. The molecule has 1 aromatic carbocycles. The Kier molecular flexibility index (Phi) is 9.34. The molecule has 1 aromatic rings. The van der Waals surface area contributed by atoms with Crippen LogP contribution in [0.3, 0.4) is 0 Å². The van der Waals surface area contributed by atoms with Crippen molar-refractivity contribution in [1.29, 1.82) is 0 Å². The Bertz CT molecular complexity index is 970. The number of aliphatic hydroxyl groups excluding tert-OH is 1. The average Bonchev–Trinajstić information content (AvgIpc) is 3.14. The number of nitrogens with one attached hydrogen (secondary N) is 1. The van der Waals surface area contributed by atoms with Crippen molar-refractivity contribution < 1.29 is 24.2 Å². The molecule has 1 fully saturated rings. The number of anilines is 1. The van der Waals surface area contributed by atoms with Gasteiger partial charge in [0.1, 0.15) is 6.04 Å². The fourth-order valence-electron chi connectivity index (χ4n) is 5.99. The van der Waals surface area contributed by atoms with Gasteiger partial charge in [0.2, 0.25) is 11.8 Å². The number of para-hydroxylation sites is 1. The highest BCUT2D eigenvalue weighted by Gasteiger charge is 2.59. The van der Waals surface area contributed by atoms with E-state index in [9.17, 15) is 19.5 Å². The summed E-state index contributed by atoms with van der Waals surface area (Å²) < 4.78 is 5.43. The molecular formula is C29H42N2O5. The minimum Gasteiger partial charge on any atom is -0.466 e. The zero-order valence-corrected chi connectivity index (χ0v) is 22.5. The lowest BCUT2D eigenvalue weighted by molar-refractivity contribution is -0.156. The van der Waals surface area contributed by atoms with E-state index in [-0.39, 0.29) is 42.8 Å². The van der Waals surface area contributed by atoms with Gasteiger partial charge in [0.15, 0.2) is 0 Å². The summed E-state index contributed by atoms with van der Waals surface area (Å²) in [6.07, 6.45) is 6.32. The van der Waals surface area contributed by atoms with Gasteiger partial charge in [-0.3, -0.25) is 14.4 Å². The molecule has 1 aliphatic heterocycles. The van der Waals surface area contributed by atoms with Crippen LogP contribution in [0.15, 0.2) is 30.4 Å². The predicted molar refractivity (Wildman–Crippen MR) is 140 cm³/mol. The van der Waals surface area contributed by atoms with E-state index in [0.717, 1.165) is 36.1 Å². The smallest absolute Gasteiger partial charge is 0.310 e. The molecule has 198 valence electrons. The lowest BCUT2D eigenvalue weighted by Gasteiger charge is -2.36. The molecule has 7 nitrogen and oxygen atoms in total. The van der Waals surface area contributed by atoms with Gasteiger partial charge in [-0.25, -0.2) is 0 Å². The third-order valence-electron chi connectivity index (χ3n) is 8.07. The number of likely N-dealkylation sites (tertiary alicyclic amines) is 1. The minimum absolute atomic E-state index is 0.0222. The van der Waals surface area contributed by atoms with E-state index in [2.05, 4.69) is 12.2 Å². The maximum Gasteiger partial charge on any atom is 0.310 e. The zero-order valence-electron chi connectivity index (χ0n) is 22.5. The number of aliphatic hydroxyl groups is 1. The Morgan fingerprint density at radius 1 is 1.14 bits per heavy atom. The summed E-state index contributed by atoms with van der Waals surface area (Å²) >= 11 is 0. The first kappa shape index (κ1) is 27.9. The first-order valence-electron chi connectivity index (χ1n) is 13.4. The summed E-state index contributed by atoms with van der Waals surface area (Å²) in [5.74, 6) is -2.91. The third-order valence-corrected chi connectivity index (χ3v) is 8.07. The first-order valence-corrected chi connectivity index (χ1v) is 13.4. The van der Waals surface area contributed by atoms with Gasteiger partial charge in [0.05, 0.1) is 31.1 Å². The summed E-state index contributed by atoms with van der Waals surface area (Å²) in [6.45, 7) is 11.7. The van der Waals surface area contributed by atoms with Gasteiger partial charge in [-0.05, 0) is 50.2 Å². The number of carbonyl (C=O) groups is 3. The van der Waals surface area contributed by atoms with Crippen LogP contribution in [0.25, 0.3) is 0 Å². The van der Waals surface area contributed by atoms with Crippen LogP contribution in [-0.2, 0) is 19.1 Å². The third kappa shape index (κ3) is 5.22. The van der Waals surface area contributed by atoms with Crippen LogP contribution in [0, 0.1) is 43.4 Å². The Morgan fingerprint density at radius 2 is 1.81 bits per heavy atom. The molecule has 2 N–H and O–H groups in total. The van der Waals surface area contributed by atoms with Crippen LogP contribution in [0.4, 0.5) is 5.69 Å². The van der Waals surface area contributed by atoms with Gasteiger partial charge in [-0.1, -0.05) is 64.0 Å². The predicted octanol–water partition coefficient (Wildman–Crippen LogP) is 4.26. The molecule has 0 saturated carbocycles. The van der Waals surface area contributed by atoms with E-state index in [4.69, 9.17) is 4.74 Å². The van der Waals surface area contributed by atoms with E-state index in [1.54, 1.807) is 11.8 Å². The zero-order chi connectivity index (χ0) is 26.6. The second-order valence-corrected chi connectivity index (χ2v) is 10.3. The summed E-state index contributed by atoms with van der Waals surface area (Å²) in [6, 6.07) is 4.45. The molecule has 1 saturated heterocycles. The molecule has 3 rings (SSSR count). The number of fused-ring (bicyclic) bond motifs is 1. The summed E-state index contributed by atoms with van der Waals surface area (Å²) in [7, 11) is 0. The maximum absolute atomic E-state index is 14.1. The van der Waals surface area contributed by atoms with Crippen molar-refractivity contribution in [2.45, 2.75) is 72.9 Å². The molecule has 0 unspecified atom stereocenters. The number of carbonyl (C=O) groups excluding carboxylic acids is 3. The van der Waals surface area contributed by atoms with Gasteiger partial charge in [-0.2, -0.15) is 0 Å². The number of rotatable bonds is 10. The van der Waals surface area contributed by atoms with E-state index in [1.165, 1.54) is 0 Å². The minimum atomic E-state index is -0.830. The summed E-state index contributed by atoms with van der Waals surface area (Å²) in [5, 5.41) is 13.5. The molecule has 0 radical (unpaired) electrons. The van der Waals surface area contributed by atoms with Crippen LogP contribution >= 0.6 is 0 Å². The lowest BCUT2D eigenvalue weighted by atomic mass is 9.69. The Labute approximate surface area is 215 Å². The Morgan fingerprint density at radius 3 is 2.36 bits per heavy atom. The van der Waals surface area contributed by atoms with Crippen LogP contribution in [0.1, 0.15) is 58.1 Å². The van der Waals surface area contributed by atoms with Gasteiger partial charge >= 0.3 is 5.97 Å². The average molecular weight is 499 g/mol. The van der Waals surface area contributed by atoms with Crippen molar-refractivity contribution in [3.05, 3.63) is 41.5 Å². The van der Waals surface area contributed by atoms with E-state index in [0.29, 0.717) is 0 Å². The number of hydrogen-bond acceptors (Lipinski definition) is 5. The molecule has 0 bridgehead atoms. The topological polar surface area (TPSA) is 95.9 Å². The molecule has 2 aliphatic rings. The van der Waals surface area contributed by atoms with Crippen molar-refractivity contribution in [3.8, 4) is 0 Å². The van der Waals surface area contributed by atoms with Crippen LogP contribution < -0.4 is 5.32 Å². The largest absolute Gasteiger partial charge is 0.466 e. The number of amides is 2. The molecule has 36 heavy (non-hydrogen) atoms. The van der Waals surface area contributed by atoms with E-state index >= 15 is 0 Å². The molecule has 1 heterocycles. The first-order chi connectivity index (χ1) is 17.2. The van der Waals surface area contributed by atoms with Crippen LogP contribution in [0.5, 0.6) is 0 Å². The second kappa shape index (κ2) is 12.0. The number of esters is 1. The summed E-state index contributed by atoms with van der Waals surface area (Å²) in [5.41, 5.74) is 2.60. The monoisotopic (exact) mass is 498 g/mol. The van der Waals surface area contributed by atoms with Crippen LogP contribution in [0.2, 0.25) is 0 Å². The molecule has 1 aliphatic carbocycles. The van der Waals surface area contributed by atoms with Gasteiger partial charge < -0.3 is 20.1 Å². The highest BCUT2D eigenvalue weighted by atomic mass is 16.5. The van der Waals surface area contributed by atoms with Gasteiger partial charge in [0.25, 0.3) is 0 Å². The number of allylic oxidation sites excluding steroid dienone is 1. The molecule has 0 aromatic heterocycles. The van der Waals surface area contributed by atoms with Crippen molar-refractivity contribution in [2.24, 2.45) is 29.6 Å². The fraction of sp³-hybridized carbons (Fsp3) is 0.621. The van der Waals surface area contributed by atoms with Crippen molar-refractivity contribution in [1.82, 2.24) is 4.90 Å². The quantitative estimate of drug-likeness (QED) is 0.371. The lowest BCUT2D eigenvalue weighted by Crippen LogP contribution is -2.52. The molecular weight excluding hydrogens is 456 g/mol. The molecule has 7 heteroatoms. The summed E-state index contributed by atoms with van der Waals surface area (Å²) in [4.78, 5) is 42.8. The van der Waals surface area contributed by atoms with Crippen molar-refractivity contribution in [2.75, 3.05) is 18.5 Å². The number of nitrogens with zero attached hydrogens (tertiary/aromatic N) is 1. The van der Waals surface area contributed by atoms with Crippen LogP contribution in [-0.4, -0.2) is 53.1 Å². The van der Waals surface area contributed by atoms with Gasteiger partial charge in [-0.15, -0.1) is 0 Å². The maximum atomic E-state index is 14.1. The molecule has 2 amide bonds. The van der Waals surface area contributed by atoms with Crippen molar-refractivity contribution in [3.63, 3.8) is 0 Å². The second-order valence-electron chi connectivity index (χ2n) is 10.3. The normalized spacial score (nSPS) is 26.9. The molecule has 0 spiro atoms. The number of ether oxygens (including phenoxy) is 1. The highest BCUT2D eigenvalue weighted by molar-refractivity contribution is 6.02.